The molecule has 0 spiro atoms. The van der Waals surface area contributed by atoms with Crippen molar-refractivity contribution in [3.05, 3.63) is 30.9 Å². The maximum atomic E-state index is 14.5. The molecule has 3 aromatic heterocycles. The van der Waals surface area contributed by atoms with Crippen LogP contribution >= 0.6 is 0 Å². The second-order valence-electron chi connectivity index (χ2n) is 5.49. The number of halogens is 1. The van der Waals surface area contributed by atoms with Crippen molar-refractivity contribution in [3.63, 3.8) is 0 Å². The Labute approximate surface area is 134 Å². The number of aliphatic hydroxyl groups is 3. The average molecular weight is 335 g/mol. The first kappa shape index (κ1) is 15.1. The molecule has 1 fully saturated rings. The summed E-state index contributed by atoms with van der Waals surface area (Å²) in [6, 6.07) is 0. The number of H-pyrrole nitrogens is 1. The molecule has 1 aliphatic rings. The maximum absolute atomic E-state index is 14.5. The normalized spacial score (nSPS) is 27.2. The first-order chi connectivity index (χ1) is 11.6. The number of aromatic amines is 1. The lowest BCUT2D eigenvalue weighted by Crippen LogP contribution is -2.33. The van der Waals surface area contributed by atoms with Crippen molar-refractivity contribution in [2.24, 2.45) is 0 Å². The Hall–Kier alpha value is -2.40. The van der Waals surface area contributed by atoms with Crippen LogP contribution in [0.2, 0.25) is 0 Å². The third kappa shape index (κ3) is 2.12. The standard InChI is InChI=1S/C14H14FN5O4/c15-6-2-20(14-12(23)11(22)8(3-21)24-14)13-9(6)10(18-5-19-13)7-1-16-4-17-7/h1-2,4-5,8,11-12,14,21-23H,3H2,(H,16,17)/t8-,11-,12-,14-/m1/s1. The van der Waals surface area contributed by atoms with Crippen molar-refractivity contribution < 1.29 is 24.4 Å². The molecule has 4 heterocycles. The highest BCUT2D eigenvalue weighted by Gasteiger charge is 2.44. The van der Waals surface area contributed by atoms with Gasteiger partial charge in [0.2, 0.25) is 0 Å². The lowest BCUT2D eigenvalue weighted by atomic mass is 10.1. The number of imidazole rings is 1. The summed E-state index contributed by atoms with van der Waals surface area (Å²) in [5, 5.41) is 29.3. The van der Waals surface area contributed by atoms with Gasteiger partial charge in [-0.1, -0.05) is 0 Å². The van der Waals surface area contributed by atoms with Crippen molar-refractivity contribution in [2.45, 2.75) is 24.5 Å². The van der Waals surface area contributed by atoms with Crippen LogP contribution in [0.25, 0.3) is 22.4 Å². The fourth-order valence-corrected chi connectivity index (χ4v) is 2.93. The van der Waals surface area contributed by atoms with Crippen molar-refractivity contribution in [2.75, 3.05) is 6.61 Å². The smallest absolute Gasteiger partial charge is 0.164 e. The number of rotatable bonds is 3. The number of hydrogen-bond acceptors (Lipinski definition) is 7. The number of aromatic nitrogens is 5. The van der Waals surface area contributed by atoms with E-state index in [9.17, 15) is 19.7 Å². The van der Waals surface area contributed by atoms with E-state index in [0.29, 0.717) is 11.4 Å². The summed E-state index contributed by atoms with van der Waals surface area (Å²) in [6.07, 6.45) is 0.743. The highest BCUT2D eigenvalue weighted by Crippen LogP contribution is 2.35. The lowest BCUT2D eigenvalue weighted by molar-refractivity contribution is -0.0510. The first-order valence-corrected chi connectivity index (χ1v) is 7.24. The molecule has 9 nitrogen and oxygen atoms in total. The zero-order chi connectivity index (χ0) is 16.8. The van der Waals surface area contributed by atoms with E-state index in [0.717, 1.165) is 6.20 Å². The number of nitrogens with zero attached hydrogens (tertiary/aromatic N) is 4. The second kappa shape index (κ2) is 5.60. The van der Waals surface area contributed by atoms with Crippen LogP contribution in [0.3, 0.4) is 0 Å². The number of ether oxygens (including phenoxy) is 1. The van der Waals surface area contributed by atoms with Crippen LogP contribution in [0.1, 0.15) is 6.23 Å². The summed E-state index contributed by atoms with van der Waals surface area (Å²) in [7, 11) is 0. The van der Waals surface area contributed by atoms with E-state index in [1.807, 2.05) is 0 Å². The van der Waals surface area contributed by atoms with Gasteiger partial charge in [0.05, 0.1) is 18.3 Å². The van der Waals surface area contributed by atoms with Crippen molar-refractivity contribution in [1.82, 2.24) is 24.5 Å². The molecule has 4 atom stereocenters. The van der Waals surface area contributed by atoms with Crippen LogP contribution in [-0.2, 0) is 4.74 Å². The molecular formula is C14H14FN5O4. The van der Waals surface area contributed by atoms with Crippen LogP contribution in [0.4, 0.5) is 4.39 Å². The molecule has 0 radical (unpaired) electrons. The highest BCUT2D eigenvalue weighted by molar-refractivity contribution is 5.90. The summed E-state index contributed by atoms with van der Waals surface area (Å²) in [6.45, 7) is -0.468. The number of nitrogens with one attached hydrogen (secondary N) is 1. The third-order valence-corrected chi connectivity index (χ3v) is 4.10. The van der Waals surface area contributed by atoms with Gasteiger partial charge in [-0.05, 0) is 0 Å². The molecule has 126 valence electrons. The van der Waals surface area contributed by atoms with Gasteiger partial charge in [-0.15, -0.1) is 0 Å². The average Bonchev–Trinajstić information content (AvgIpc) is 3.29. The van der Waals surface area contributed by atoms with Gasteiger partial charge in [0, 0.05) is 12.4 Å². The molecule has 1 saturated heterocycles. The van der Waals surface area contributed by atoms with E-state index < -0.39 is 37.0 Å². The number of aliphatic hydroxyl groups excluding tert-OH is 3. The maximum Gasteiger partial charge on any atom is 0.164 e. The molecule has 0 aliphatic carbocycles. The Morgan fingerprint density at radius 1 is 1.25 bits per heavy atom. The predicted molar refractivity (Wildman–Crippen MR) is 78.1 cm³/mol. The van der Waals surface area contributed by atoms with Crippen LogP contribution in [0, 0.1) is 5.82 Å². The molecule has 3 aromatic rings. The second-order valence-corrected chi connectivity index (χ2v) is 5.49. The van der Waals surface area contributed by atoms with E-state index in [-0.39, 0.29) is 11.0 Å². The first-order valence-electron chi connectivity index (χ1n) is 7.24. The topological polar surface area (TPSA) is 129 Å². The Balaban J connectivity index is 1.86. The van der Waals surface area contributed by atoms with Gasteiger partial charge in [0.15, 0.2) is 12.0 Å². The minimum Gasteiger partial charge on any atom is -0.394 e. The van der Waals surface area contributed by atoms with Gasteiger partial charge in [-0.2, -0.15) is 0 Å². The van der Waals surface area contributed by atoms with Gasteiger partial charge >= 0.3 is 0 Å². The van der Waals surface area contributed by atoms with E-state index in [2.05, 4.69) is 19.9 Å². The monoisotopic (exact) mass is 335 g/mol. The van der Waals surface area contributed by atoms with Crippen molar-refractivity contribution >= 4 is 11.0 Å². The predicted octanol–water partition coefficient (Wildman–Crippen LogP) is -0.428. The molecule has 1 aliphatic heterocycles. The van der Waals surface area contributed by atoms with E-state index in [4.69, 9.17) is 4.74 Å². The molecule has 0 bridgehead atoms. The molecule has 10 heteroatoms. The Morgan fingerprint density at radius 2 is 2.08 bits per heavy atom. The fraction of sp³-hybridized carbons (Fsp3) is 0.357. The van der Waals surface area contributed by atoms with Crippen LogP contribution < -0.4 is 0 Å². The van der Waals surface area contributed by atoms with E-state index in [1.54, 1.807) is 6.20 Å². The minimum atomic E-state index is -1.33. The molecule has 4 N–H and O–H groups in total. The molecule has 0 aromatic carbocycles. The fourth-order valence-electron chi connectivity index (χ4n) is 2.93. The Kier molecular flexibility index (Phi) is 3.53. The quantitative estimate of drug-likeness (QED) is 0.511. The van der Waals surface area contributed by atoms with Crippen LogP contribution in [0.15, 0.2) is 25.0 Å². The van der Waals surface area contributed by atoms with Crippen molar-refractivity contribution in [1.29, 1.82) is 0 Å². The third-order valence-electron chi connectivity index (χ3n) is 4.10. The van der Waals surface area contributed by atoms with Crippen molar-refractivity contribution in [3.8, 4) is 11.4 Å². The van der Waals surface area contributed by atoms with Gasteiger partial charge in [0.1, 0.15) is 41.7 Å². The summed E-state index contributed by atoms with van der Waals surface area (Å²) in [4.78, 5) is 15.0. The molecule has 24 heavy (non-hydrogen) atoms. The SMILES string of the molecule is OC[C@H]1O[C@@H](n2cc(F)c3c(-c4c[nH]cn4)ncnc32)[C@H](O)[C@@H]1O. The Morgan fingerprint density at radius 3 is 2.75 bits per heavy atom. The van der Waals surface area contributed by atoms with E-state index >= 15 is 0 Å². The summed E-state index contributed by atoms with van der Waals surface area (Å²) in [5.41, 5.74) is 0.930. The number of hydrogen-bond donors (Lipinski definition) is 4. The van der Waals surface area contributed by atoms with Gasteiger partial charge in [-0.3, -0.25) is 0 Å². The highest BCUT2D eigenvalue weighted by atomic mass is 19.1. The molecule has 0 amide bonds. The summed E-state index contributed by atoms with van der Waals surface area (Å²) in [5.74, 6) is -0.610. The molecule has 0 saturated carbocycles. The van der Waals surface area contributed by atoms with Gasteiger partial charge in [0.25, 0.3) is 0 Å². The van der Waals surface area contributed by atoms with E-state index in [1.165, 1.54) is 17.2 Å². The largest absolute Gasteiger partial charge is 0.394 e. The zero-order valence-electron chi connectivity index (χ0n) is 12.2. The van der Waals surface area contributed by atoms with Crippen LogP contribution in [-0.4, -0.2) is 64.7 Å². The Bertz CT molecular complexity index is 868. The number of fused-ring (bicyclic) bond motifs is 1. The summed E-state index contributed by atoms with van der Waals surface area (Å²) >= 11 is 0. The van der Waals surface area contributed by atoms with Crippen LogP contribution in [0.5, 0.6) is 0 Å². The lowest BCUT2D eigenvalue weighted by Gasteiger charge is -2.17. The van der Waals surface area contributed by atoms with Gasteiger partial charge in [-0.25, -0.2) is 19.3 Å². The molecule has 4 rings (SSSR count). The van der Waals surface area contributed by atoms with Gasteiger partial charge < -0.3 is 29.6 Å². The minimum absolute atomic E-state index is 0.127. The molecule has 0 unspecified atom stereocenters. The molecular weight excluding hydrogens is 321 g/mol. The summed E-state index contributed by atoms with van der Waals surface area (Å²) < 4.78 is 21.2. The zero-order valence-corrected chi connectivity index (χ0v) is 12.2.